The second-order valence-corrected chi connectivity index (χ2v) is 33.1. The molecule has 107 heavy (non-hydrogen) atoms. The van der Waals surface area contributed by atoms with Gasteiger partial charge < -0.3 is 81.0 Å². The molecule has 3 aromatic heterocycles. The number of thiol groups is 1. The average molecular weight is 1630 g/mol. The highest BCUT2D eigenvalue weighted by atomic mass is 32.7. The summed E-state index contributed by atoms with van der Waals surface area (Å²) in [5, 5.41) is 10.9. The van der Waals surface area contributed by atoms with Crippen molar-refractivity contribution in [3.63, 3.8) is 0 Å². The maximum atomic E-state index is 13.7. The zero-order valence-electron chi connectivity index (χ0n) is 59.2. The van der Waals surface area contributed by atoms with E-state index in [-0.39, 0.29) is 175 Å². The molecule has 1 unspecified atom stereocenters. The van der Waals surface area contributed by atoms with Gasteiger partial charge in [-0.15, -0.1) is 0 Å². The van der Waals surface area contributed by atoms with E-state index in [0.717, 1.165) is 27.3 Å². The molecule has 3 fully saturated rings. The maximum absolute atomic E-state index is 13.7. The van der Waals surface area contributed by atoms with Crippen LogP contribution in [0.15, 0.2) is 47.4 Å². The van der Waals surface area contributed by atoms with Crippen LogP contribution in [-0.2, 0) is 78.9 Å². The van der Waals surface area contributed by atoms with Gasteiger partial charge in [0.2, 0.25) is 32.7 Å². The van der Waals surface area contributed by atoms with Crippen molar-refractivity contribution >= 4 is 57.5 Å². The Balaban J connectivity index is 0.00000164. The van der Waals surface area contributed by atoms with Crippen LogP contribution >= 0.6 is 57.5 Å². The van der Waals surface area contributed by atoms with E-state index in [0.29, 0.717) is 24.5 Å². The standard InChI is InChI=1S/C28H44N6O10P2S.C19H27N4O9PS.C14H22N2O5S.4CH4/c1-20(2)34(21(3)4)45(40-13-10-29-6)44-24-23(19-47-46(37,41-14-11-30-7)42-15-12-31-8)43-27(25(24)39-17-16-38-9)33-18-22(5)26(35)32-28(33)36;1-13-11-23(19(26)22-17(13)25)18-16(29-10-9-28-4)15(24)14(32-18)12-34-33(27,30-7-5-20-2)31-8-6-21-3;1-8-6-16(14(18)15-12(8)17)13-11(20-5-4-19-3)9(2)10(7-22)21-13;;;;/h18,20-21,23-25,27H,10-17,19H2,1-5,9H3,(H,32,35,36);11,14-16,18,24H,5-10,12H2,1,4H3,(H,22,25,26);6,9-11,13,22H,4-5,7H2,1-3H3,(H,15,17,18);4*1H4/t23-,24-,25-,27-,45?;14-,15-,16-,18-;9-,10-,11-,13-;;;;/m111..../s1. The summed E-state index contributed by atoms with van der Waals surface area (Å²) in [6, 6.07) is -0.0477. The summed E-state index contributed by atoms with van der Waals surface area (Å²) in [5.41, 5.74) is -2.48. The van der Waals surface area contributed by atoms with Crippen molar-refractivity contribution in [2.45, 2.75) is 165 Å². The fraction of sp³-hybridized carbons (Fsp3) is 0.738. The molecule has 42 heteroatoms. The molecule has 0 aliphatic carbocycles. The first kappa shape index (κ1) is 102. The molecule has 36 nitrogen and oxygen atoms in total. The Bertz CT molecular complexity index is 3760. The van der Waals surface area contributed by atoms with Gasteiger partial charge >= 0.3 is 30.7 Å². The first-order chi connectivity index (χ1) is 49.2. The van der Waals surface area contributed by atoms with E-state index < -0.39 is 111 Å². The van der Waals surface area contributed by atoms with Gasteiger partial charge in [-0.1, -0.05) is 36.6 Å². The lowest BCUT2D eigenvalue weighted by Gasteiger charge is -2.38. The predicted molar refractivity (Wildman–Crippen MR) is 412 cm³/mol. The lowest BCUT2D eigenvalue weighted by atomic mass is 10.0. The minimum Gasteiger partial charge on any atom is -0.387 e. The molecule has 3 saturated heterocycles. The van der Waals surface area contributed by atoms with E-state index in [9.17, 15) is 43.0 Å². The van der Waals surface area contributed by atoms with Gasteiger partial charge in [0.05, 0.1) is 58.0 Å². The molecular weight excluding hydrogens is 1520 g/mol. The maximum Gasteiger partial charge on any atom is 0.389 e. The van der Waals surface area contributed by atoms with E-state index in [1.54, 1.807) is 21.0 Å². The Labute approximate surface area is 641 Å². The molecule has 3 aliphatic heterocycles. The third-order valence-electron chi connectivity index (χ3n) is 15.0. The van der Waals surface area contributed by atoms with E-state index in [2.05, 4.69) is 51.8 Å². The second-order valence-electron chi connectivity index (χ2n) is 23.1. The van der Waals surface area contributed by atoms with Gasteiger partial charge in [0.15, 0.2) is 18.7 Å². The minimum atomic E-state index is -3.88. The number of aliphatic hydroxyl groups is 1. The largest absolute Gasteiger partial charge is 0.389 e. The number of methoxy groups -OCH3 is 3. The molecule has 0 saturated carbocycles. The van der Waals surface area contributed by atoms with Crippen molar-refractivity contribution in [1.82, 2.24) is 33.3 Å². The monoisotopic (exact) mass is 1630 g/mol. The molecule has 13 atom stereocenters. The highest BCUT2D eigenvalue weighted by Crippen LogP contribution is 2.63. The van der Waals surface area contributed by atoms with E-state index in [4.69, 9.17) is 103 Å². The number of nitrogens with zero attached hydrogens (tertiary/aromatic N) is 9. The Morgan fingerprint density at radius 3 is 1.21 bits per heavy atom. The van der Waals surface area contributed by atoms with Gasteiger partial charge in [-0.05, 0) is 71.2 Å². The van der Waals surface area contributed by atoms with Gasteiger partial charge in [-0.25, -0.2) is 61.0 Å². The molecule has 3 aliphatic rings. The van der Waals surface area contributed by atoms with Crippen LogP contribution in [0.4, 0.5) is 0 Å². The summed E-state index contributed by atoms with van der Waals surface area (Å²) >= 11 is 5.87. The summed E-state index contributed by atoms with van der Waals surface area (Å²) < 4.78 is 118. The van der Waals surface area contributed by atoms with E-state index in [1.807, 2.05) is 39.3 Å². The second kappa shape index (κ2) is 52.8. The molecule has 6 heterocycles. The zero-order valence-corrected chi connectivity index (χ0v) is 64.4. The molecule has 0 radical (unpaired) electrons. The van der Waals surface area contributed by atoms with Crippen LogP contribution in [0.1, 0.15) is 99.7 Å². The number of aromatic nitrogens is 6. The smallest absolute Gasteiger partial charge is 0.387 e. The summed E-state index contributed by atoms with van der Waals surface area (Å²) in [4.78, 5) is 95.9. The summed E-state index contributed by atoms with van der Waals surface area (Å²) in [5.74, 6) is 0.494. The molecule has 606 valence electrons. The number of rotatable bonds is 42. The van der Waals surface area contributed by atoms with Crippen LogP contribution in [0.2, 0.25) is 0 Å². The van der Waals surface area contributed by atoms with Crippen LogP contribution in [0.25, 0.3) is 24.2 Å². The van der Waals surface area contributed by atoms with Crippen molar-refractivity contribution in [1.29, 1.82) is 0 Å². The number of aromatic amines is 3. The third-order valence-corrected chi connectivity index (χ3v) is 25.1. The van der Waals surface area contributed by atoms with E-state index >= 15 is 0 Å². The highest BCUT2D eigenvalue weighted by molar-refractivity contribution is 8.55. The SMILES string of the molecule is C.C.C.C.COCCO[C@@H]1[C@H](C)[C@@H](CS)O[C@H]1n1cc(C)c(=O)[nH]c1=O.[C-]#[N+]CCOP(=O)(OCC[N+]#[C-])SC[C@H]1O[C@@H](n2cc(C)c(=O)[nH]c2=O)[C@H](OCCOC)[C@@H]1O.[C-]#[N+]CCOP(O[C@H]1[C@@H](OCCOC)[C@H](n2cc(C)c(=O)[nH]c2=O)O[C@@H]1CSP(=O)(OCC[N+]#[C-])OCC[N+]#[C-])N(C(C)C)C(C)C. The Kier molecular flexibility index (Phi) is 50.2. The lowest BCUT2D eigenvalue weighted by Crippen LogP contribution is -2.42. The Morgan fingerprint density at radius 2 is 0.850 bits per heavy atom. The highest BCUT2D eigenvalue weighted by Gasteiger charge is 2.52. The van der Waals surface area contributed by atoms with Gasteiger partial charge in [-0.2, -0.15) is 12.6 Å². The fourth-order valence-electron chi connectivity index (χ4n) is 10.0. The summed E-state index contributed by atoms with van der Waals surface area (Å²) in [6.45, 7) is 43.0. The van der Waals surface area contributed by atoms with Crippen LogP contribution in [0, 0.1) is 59.5 Å². The quantitative estimate of drug-likeness (QED) is 0.0156. The topological polar surface area (TPSA) is 382 Å². The first-order valence-electron chi connectivity index (χ1n) is 32.3. The van der Waals surface area contributed by atoms with Gasteiger partial charge in [0.25, 0.3) is 25.2 Å². The van der Waals surface area contributed by atoms with Crippen LogP contribution in [-0.4, -0.2) is 243 Å². The van der Waals surface area contributed by atoms with Crippen LogP contribution in [0.5, 0.6) is 0 Å². The zero-order chi connectivity index (χ0) is 76.4. The summed E-state index contributed by atoms with van der Waals surface area (Å²) in [6.07, 6.45) is -4.93. The number of nitrogens with one attached hydrogen (secondary N) is 3. The molecular formula is C65H109N12O24P3S3. The molecule has 0 spiro atoms. The molecule has 0 amide bonds. The predicted octanol–water partition coefficient (Wildman–Crippen LogP) is 7.89. The van der Waals surface area contributed by atoms with Crippen molar-refractivity contribution in [2.24, 2.45) is 5.92 Å². The number of H-pyrrole nitrogens is 3. The van der Waals surface area contributed by atoms with Gasteiger partial charge in [0, 0.05) is 91.9 Å². The lowest BCUT2D eigenvalue weighted by molar-refractivity contribution is -0.0789. The third kappa shape index (κ3) is 31.4. The number of aryl methyl sites for hydroxylation is 3. The average Bonchev–Trinajstić information content (AvgIpc) is 1.65. The number of aliphatic hydroxyl groups excluding tert-OH is 1. The van der Waals surface area contributed by atoms with Crippen LogP contribution in [0.3, 0.4) is 0 Å². The fourth-order valence-corrected chi connectivity index (χ4v) is 18.8. The number of hydrogen-bond donors (Lipinski definition) is 5. The summed E-state index contributed by atoms with van der Waals surface area (Å²) in [7, 11) is 2.78. The van der Waals surface area contributed by atoms with Crippen molar-refractivity contribution in [3.05, 3.63) is 155 Å². The van der Waals surface area contributed by atoms with E-state index in [1.165, 1.54) is 48.9 Å². The molecule has 0 aromatic carbocycles. The van der Waals surface area contributed by atoms with Crippen molar-refractivity contribution < 1.29 is 84.0 Å². The molecule has 0 bridgehead atoms. The molecule has 4 N–H and O–H groups in total. The molecule has 6 rings (SSSR count). The molecule has 3 aromatic rings. The van der Waals surface area contributed by atoms with Crippen molar-refractivity contribution in [3.8, 4) is 0 Å². The van der Waals surface area contributed by atoms with Gasteiger partial charge in [-0.3, -0.25) is 61.1 Å². The minimum absolute atomic E-state index is 0. The first-order valence-corrected chi connectivity index (χ1v) is 40.4. The normalized spacial score (nSPS) is 21.9. The number of ether oxygens (including phenoxy) is 9. The Hall–Kier alpha value is -5.25. The van der Waals surface area contributed by atoms with Crippen molar-refractivity contribution in [2.75, 3.05) is 144 Å². The van der Waals surface area contributed by atoms with Gasteiger partial charge in [0.1, 0.15) is 63.6 Å². The Morgan fingerprint density at radius 1 is 0.523 bits per heavy atom. The number of hydrogen-bond acceptors (Lipinski definition) is 28. The van der Waals surface area contributed by atoms with Crippen LogP contribution < -0.4 is 33.7 Å².